The van der Waals surface area contributed by atoms with Crippen molar-refractivity contribution in [2.75, 3.05) is 11.3 Å². The van der Waals surface area contributed by atoms with Crippen molar-refractivity contribution in [3.05, 3.63) is 59.2 Å². The van der Waals surface area contributed by atoms with Crippen molar-refractivity contribution in [3.63, 3.8) is 0 Å². The van der Waals surface area contributed by atoms with Crippen LogP contribution >= 0.6 is 0 Å². The quantitative estimate of drug-likeness (QED) is 0.641. The van der Waals surface area contributed by atoms with Crippen molar-refractivity contribution in [3.8, 4) is 0 Å². The van der Waals surface area contributed by atoms with E-state index in [4.69, 9.17) is 4.74 Å². The monoisotopic (exact) mass is 418 g/mol. The maximum atomic E-state index is 12.8. The summed E-state index contributed by atoms with van der Waals surface area (Å²) in [6.07, 6.45) is 0.757. The molecule has 0 heterocycles. The Labute approximate surface area is 171 Å². The number of amides is 1. The van der Waals surface area contributed by atoms with E-state index in [1.165, 1.54) is 18.2 Å². The number of hydrogen-bond acceptors (Lipinski definition) is 5. The first-order valence-electron chi connectivity index (χ1n) is 9.29. The van der Waals surface area contributed by atoms with Crippen LogP contribution in [0.4, 0.5) is 5.69 Å². The lowest BCUT2D eigenvalue weighted by molar-refractivity contribution is -0.124. The molecule has 2 rings (SSSR count). The van der Waals surface area contributed by atoms with Crippen molar-refractivity contribution in [1.82, 2.24) is 5.32 Å². The van der Waals surface area contributed by atoms with Gasteiger partial charge in [0.05, 0.1) is 10.5 Å². The van der Waals surface area contributed by atoms with Crippen molar-refractivity contribution >= 4 is 27.6 Å². The minimum atomic E-state index is -3.90. The molecule has 1 unspecified atom stereocenters. The Hall–Kier alpha value is -2.87. The number of anilines is 1. The molecule has 0 saturated heterocycles. The zero-order valence-corrected chi connectivity index (χ0v) is 17.8. The molecule has 2 aromatic rings. The third-order valence-electron chi connectivity index (χ3n) is 4.34. The number of ether oxygens (including phenoxy) is 1. The van der Waals surface area contributed by atoms with Gasteiger partial charge in [-0.15, -0.1) is 0 Å². The Morgan fingerprint density at radius 2 is 1.83 bits per heavy atom. The predicted molar refractivity (Wildman–Crippen MR) is 111 cm³/mol. The van der Waals surface area contributed by atoms with E-state index in [1.807, 2.05) is 26.8 Å². The molecule has 7 nitrogen and oxygen atoms in total. The van der Waals surface area contributed by atoms with E-state index >= 15 is 0 Å². The first-order chi connectivity index (χ1) is 13.6. The molecule has 1 amide bonds. The molecular formula is C21H26N2O5S. The summed E-state index contributed by atoms with van der Waals surface area (Å²) < 4.78 is 33.1. The van der Waals surface area contributed by atoms with E-state index in [1.54, 1.807) is 25.1 Å². The summed E-state index contributed by atoms with van der Waals surface area (Å²) in [6.45, 7) is 6.84. The fourth-order valence-corrected chi connectivity index (χ4v) is 3.89. The zero-order valence-electron chi connectivity index (χ0n) is 17.0. The molecule has 0 spiro atoms. The Morgan fingerprint density at radius 3 is 2.48 bits per heavy atom. The third-order valence-corrected chi connectivity index (χ3v) is 5.86. The van der Waals surface area contributed by atoms with E-state index < -0.39 is 28.5 Å². The van der Waals surface area contributed by atoms with E-state index in [2.05, 4.69) is 10.0 Å². The fourth-order valence-electron chi connectivity index (χ4n) is 2.57. The first kappa shape index (κ1) is 22.4. The summed E-state index contributed by atoms with van der Waals surface area (Å²) in [5.41, 5.74) is 1.88. The van der Waals surface area contributed by atoms with Crippen molar-refractivity contribution in [1.29, 1.82) is 0 Å². The normalized spacial score (nSPS) is 12.1. The molecule has 0 saturated carbocycles. The molecule has 0 bridgehead atoms. The molecule has 29 heavy (non-hydrogen) atoms. The summed E-state index contributed by atoms with van der Waals surface area (Å²) in [7, 11) is -3.90. The maximum Gasteiger partial charge on any atom is 0.338 e. The van der Waals surface area contributed by atoms with Crippen LogP contribution in [0.15, 0.2) is 47.4 Å². The van der Waals surface area contributed by atoms with Gasteiger partial charge < -0.3 is 10.1 Å². The standard InChI is InChI=1S/C21H26N2O5S/c1-5-16(4)22-20(24)13-28-21(25)17-10-9-15(3)19(12-17)29(26,27)23-18-8-6-7-14(2)11-18/h6-12,16,23H,5,13H2,1-4H3,(H,22,24). The van der Waals surface area contributed by atoms with Gasteiger partial charge in [-0.1, -0.05) is 25.1 Å². The summed E-state index contributed by atoms with van der Waals surface area (Å²) >= 11 is 0. The van der Waals surface area contributed by atoms with Gasteiger partial charge in [0.15, 0.2) is 6.61 Å². The number of nitrogens with one attached hydrogen (secondary N) is 2. The van der Waals surface area contributed by atoms with Gasteiger partial charge in [0.2, 0.25) is 0 Å². The highest BCUT2D eigenvalue weighted by atomic mass is 32.2. The van der Waals surface area contributed by atoms with Gasteiger partial charge in [-0.25, -0.2) is 13.2 Å². The molecule has 8 heteroatoms. The number of esters is 1. The Morgan fingerprint density at radius 1 is 1.10 bits per heavy atom. The summed E-state index contributed by atoms with van der Waals surface area (Å²) in [5, 5.41) is 2.69. The van der Waals surface area contributed by atoms with Gasteiger partial charge >= 0.3 is 5.97 Å². The van der Waals surface area contributed by atoms with Gasteiger partial charge in [0.1, 0.15) is 0 Å². The van der Waals surface area contributed by atoms with Crippen LogP contribution in [0.25, 0.3) is 0 Å². The smallest absolute Gasteiger partial charge is 0.338 e. The lowest BCUT2D eigenvalue weighted by Gasteiger charge is -2.13. The number of sulfonamides is 1. The molecule has 0 aromatic heterocycles. The Kier molecular flexibility index (Phi) is 7.39. The van der Waals surface area contributed by atoms with E-state index in [0.717, 1.165) is 12.0 Å². The van der Waals surface area contributed by atoms with E-state index in [9.17, 15) is 18.0 Å². The molecule has 0 aliphatic heterocycles. The molecule has 0 fully saturated rings. The van der Waals surface area contributed by atoms with Gasteiger partial charge in [-0.3, -0.25) is 9.52 Å². The van der Waals surface area contributed by atoms with E-state index in [0.29, 0.717) is 11.3 Å². The second kappa shape index (κ2) is 9.56. The maximum absolute atomic E-state index is 12.8. The van der Waals surface area contributed by atoms with E-state index in [-0.39, 0.29) is 16.5 Å². The molecule has 0 radical (unpaired) electrons. The minimum Gasteiger partial charge on any atom is -0.452 e. The topological polar surface area (TPSA) is 102 Å². The number of benzene rings is 2. The van der Waals surface area contributed by atoms with Crippen LogP contribution in [0.2, 0.25) is 0 Å². The third kappa shape index (κ3) is 6.32. The number of aryl methyl sites for hydroxylation is 2. The van der Waals surface area contributed by atoms with Gasteiger partial charge in [-0.2, -0.15) is 0 Å². The van der Waals surface area contributed by atoms with Crippen molar-refractivity contribution < 1.29 is 22.7 Å². The summed E-state index contributed by atoms with van der Waals surface area (Å²) in [6, 6.07) is 11.2. The number of rotatable bonds is 8. The molecule has 2 aromatic carbocycles. The highest BCUT2D eigenvalue weighted by Gasteiger charge is 2.20. The number of hydrogen-bond donors (Lipinski definition) is 2. The molecule has 156 valence electrons. The summed E-state index contributed by atoms with van der Waals surface area (Å²) in [5.74, 6) is -1.18. The fraction of sp³-hybridized carbons (Fsp3) is 0.333. The average molecular weight is 419 g/mol. The molecule has 0 aliphatic rings. The van der Waals surface area contributed by atoms with Gasteiger partial charge in [0.25, 0.3) is 15.9 Å². The van der Waals surface area contributed by atoms with Crippen molar-refractivity contribution in [2.45, 2.75) is 45.1 Å². The number of carbonyl (C=O) groups excluding carboxylic acids is 2. The second-order valence-corrected chi connectivity index (χ2v) is 8.56. The predicted octanol–water partition coefficient (Wildman–Crippen LogP) is 3.18. The SMILES string of the molecule is CCC(C)NC(=O)COC(=O)c1ccc(C)c(S(=O)(=O)Nc2cccc(C)c2)c1. The van der Waals surface area contributed by atoms with Crippen LogP contribution in [-0.4, -0.2) is 32.9 Å². The largest absolute Gasteiger partial charge is 0.452 e. The van der Waals surface area contributed by atoms with Crippen LogP contribution in [0.1, 0.15) is 41.8 Å². The lowest BCUT2D eigenvalue weighted by atomic mass is 10.1. The van der Waals surface area contributed by atoms with Crippen LogP contribution in [0.3, 0.4) is 0 Å². The Balaban J connectivity index is 2.16. The van der Waals surface area contributed by atoms with Crippen LogP contribution < -0.4 is 10.0 Å². The summed E-state index contributed by atoms with van der Waals surface area (Å²) in [4.78, 5) is 24.0. The van der Waals surface area contributed by atoms with Crippen LogP contribution in [0, 0.1) is 13.8 Å². The Bertz CT molecular complexity index is 1000. The zero-order chi connectivity index (χ0) is 21.6. The first-order valence-corrected chi connectivity index (χ1v) is 10.8. The minimum absolute atomic E-state index is 0.0231. The molecule has 2 N–H and O–H groups in total. The average Bonchev–Trinajstić information content (AvgIpc) is 2.65. The van der Waals surface area contributed by atoms with Crippen LogP contribution in [-0.2, 0) is 19.6 Å². The number of carbonyl (C=O) groups is 2. The van der Waals surface area contributed by atoms with Gasteiger partial charge in [0, 0.05) is 11.7 Å². The van der Waals surface area contributed by atoms with Gasteiger partial charge in [-0.05, 0) is 62.6 Å². The molecule has 1 atom stereocenters. The highest BCUT2D eigenvalue weighted by molar-refractivity contribution is 7.92. The van der Waals surface area contributed by atoms with Crippen molar-refractivity contribution in [2.24, 2.45) is 0 Å². The molecular weight excluding hydrogens is 392 g/mol. The highest BCUT2D eigenvalue weighted by Crippen LogP contribution is 2.22. The molecule has 0 aliphatic carbocycles. The lowest BCUT2D eigenvalue weighted by Crippen LogP contribution is -2.35. The van der Waals surface area contributed by atoms with Crippen LogP contribution in [0.5, 0.6) is 0 Å². The second-order valence-electron chi connectivity index (χ2n) is 6.91.